The van der Waals surface area contributed by atoms with Crippen molar-refractivity contribution in [3.05, 3.63) is 33.8 Å². The van der Waals surface area contributed by atoms with E-state index in [1.807, 2.05) is 0 Å². The highest BCUT2D eigenvalue weighted by atomic mass is 35.5. The van der Waals surface area contributed by atoms with Crippen molar-refractivity contribution in [2.24, 2.45) is 11.8 Å². The van der Waals surface area contributed by atoms with Gasteiger partial charge in [-0.3, -0.25) is 14.5 Å². The zero-order valence-corrected chi connectivity index (χ0v) is 10.3. The smallest absolute Gasteiger partial charge is 0.233 e. The number of likely N-dealkylation sites (tertiary alicyclic amines) is 1. The number of piperidine rings is 1. The first kappa shape index (κ1) is 11.1. The third kappa shape index (κ3) is 1.65. The van der Waals surface area contributed by atoms with Gasteiger partial charge in [0.2, 0.25) is 11.8 Å². The molecule has 1 aromatic carbocycles. The predicted molar refractivity (Wildman–Crippen MR) is 63.6 cm³/mol. The molecular formula is C12H9Cl2NO2. The summed E-state index contributed by atoms with van der Waals surface area (Å²) in [5, 5.41) is 0.970. The van der Waals surface area contributed by atoms with Crippen LogP contribution in [0.1, 0.15) is 12.0 Å². The number of nitrogens with zero attached hydrogens (tertiary/aromatic N) is 1. The number of carbonyl (C=O) groups excluding carboxylic acids is 2. The summed E-state index contributed by atoms with van der Waals surface area (Å²) in [4.78, 5) is 24.9. The largest absolute Gasteiger partial charge is 0.278 e. The van der Waals surface area contributed by atoms with E-state index in [2.05, 4.69) is 0 Å². The van der Waals surface area contributed by atoms with Crippen LogP contribution in [0.2, 0.25) is 10.0 Å². The number of amides is 2. The molecule has 0 aromatic heterocycles. The second-order valence-corrected chi connectivity index (χ2v) is 5.23. The van der Waals surface area contributed by atoms with E-state index in [9.17, 15) is 9.59 Å². The fraction of sp³-hybridized carbons (Fsp3) is 0.333. The lowest BCUT2D eigenvalue weighted by Crippen LogP contribution is -2.32. The number of imide groups is 1. The van der Waals surface area contributed by atoms with E-state index in [1.54, 1.807) is 18.2 Å². The lowest BCUT2D eigenvalue weighted by Gasteiger charge is -2.17. The Morgan fingerprint density at radius 3 is 2.18 bits per heavy atom. The monoisotopic (exact) mass is 269 g/mol. The van der Waals surface area contributed by atoms with Gasteiger partial charge in [-0.15, -0.1) is 0 Å². The summed E-state index contributed by atoms with van der Waals surface area (Å²) in [6.45, 7) is 0.184. The maximum absolute atomic E-state index is 11.8. The van der Waals surface area contributed by atoms with Gasteiger partial charge in [-0.1, -0.05) is 29.3 Å². The number of hydrogen-bond acceptors (Lipinski definition) is 2. The van der Waals surface area contributed by atoms with Crippen LogP contribution in [0.15, 0.2) is 18.2 Å². The molecule has 88 valence electrons. The molecule has 0 radical (unpaired) electrons. The van der Waals surface area contributed by atoms with Gasteiger partial charge in [-0.25, -0.2) is 0 Å². The van der Waals surface area contributed by atoms with Gasteiger partial charge in [0.1, 0.15) is 0 Å². The Balaban J connectivity index is 1.88. The van der Waals surface area contributed by atoms with E-state index in [4.69, 9.17) is 23.2 Å². The summed E-state index contributed by atoms with van der Waals surface area (Å²) < 4.78 is 0. The molecule has 1 aliphatic carbocycles. The quantitative estimate of drug-likeness (QED) is 0.774. The van der Waals surface area contributed by atoms with Crippen molar-refractivity contribution in [1.82, 2.24) is 4.90 Å². The van der Waals surface area contributed by atoms with Crippen LogP contribution in [0.5, 0.6) is 0 Å². The molecule has 1 aromatic rings. The van der Waals surface area contributed by atoms with Crippen molar-refractivity contribution < 1.29 is 9.59 Å². The zero-order chi connectivity index (χ0) is 12.2. The van der Waals surface area contributed by atoms with Gasteiger partial charge in [0.15, 0.2) is 0 Å². The van der Waals surface area contributed by atoms with Crippen molar-refractivity contribution in [2.75, 3.05) is 0 Å². The minimum absolute atomic E-state index is 0.0798. The molecule has 1 saturated carbocycles. The SMILES string of the molecule is O=C1C2CC2C(=O)N1Cc1c(Cl)cccc1Cl. The molecular weight excluding hydrogens is 261 g/mol. The number of carbonyl (C=O) groups is 2. The fourth-order valence-corrected chi connectivity index (χ4v) is 2.76. The summed E-state index contributed by atoms with van der Waals surface area (Å²) in [7, 11) is 0. The predicted octanol–water partition coefficient (Wildman–Crippen LogP) is 2.50. The van der Waals surface area contributed by atoms with E-state index in [0.29, 0.717) is 22.0 Å². The van der Waals surface area contributed by atoms with Crippen molar-refractivity contribution in [2.45, 2.75) is 13.0 Å². The van der Waals surface area contributed by atoms with Crippen LogP contribution in [0.3, 0.4) is 0 Å². The molecule has 2 atom stereocenters. The molecule has 17 heavy (non-hydrogen) atoms. The average Bonchev–Trinajstić information content (AvgIpc) is 3.03. The van der Waals surface area contributed by atoms with Gasteiger partial charge in [0.25, 0.3) is 0 Å². The van der Waals surface area contributed by atoms with E-state index in [1.165, 1.54) is 4.90 Å². The molecule has 2 fully saturated rings. The van der Waals surface area contributed by atoms with Crippen LogP contribution in [0, 0.1) is 11.8 Å². The first-order valence-electron chi connectivity index (χ1n) is 5.37. The molecule has 2 amide bonds. The molecule has 0 N–H and O–H groups in total. The fourth-order valence-electron chi connectivity index (χ4n) is 2.25. The molecule has 2 unspecified atom stereocenters. The Hall–Kier alpha value is -1.06. The van der Waals surface area contributed by atoms with Crippen molar-refractivity contribution in [3.8, 4) is 0 Å². The number of hydrogen-bond donors (Lipinski definition) is 0. The second-order valence-electron chi connectivity index (χ2n) is 4.41. The van der Waals surface area contributed by atoms with E-state index in [0.717, 1.165) is 0 Å². The molecule has 3 rings (SSSR count). The first-order valence-corrected chi connectivity index (χ1v) is 6.13. The Morgan fingerprint density at radius 2 is 1.65 bits per heavy atom. The summed E-state index contributed by atoms with van der Waals surface area (Å²) in [5.74, 6) is -0.334. The number of halogens is 2. The third-order valence-corrected chi connectivity index (χ3v) is 4.04. The Kier molecular flexibility index (Phi) is 2.42. The van der Waals surface area contributed by atoms with Crippen LogP contribution in [-0.2, 0) is 16.1 Å². The zero-order valence-electron chi connectivity index (χ0n) is 8.82. The molecule has 2 aliphatic rings. The van der Waals surface area contributed by atoms with E-state index >= 15 is 0 Å². The molecule has 0 spiro atoms. The minimum atomic E-state index is -0.0870. The van der Waals surface area contributed by atoms with Gasteiger partial charge in [-0.05, 0) is 18.6 Å². The maximum atomic E-state index is 11.8. The topological polar surface area (TPSA) is 37.4 Å². The van der Waals surface area contributed by atoms with Crippen LogP contribution < -0.4 is 0 Å². The third-order valence-electron chi connectivity index (χ3n) is 3.33. The van der Waals surface area contributed by atoms with E-state index in [-0.39, 0.29) is 30.2 Å². The van der Waals surface area contributed by atoms with Gasteiger partial charge >= 0.3 is 0 Å². The molecule has 0 bridgehead atoms. The molecule has 1 heterocycles. The van der Waals surface area contributed by atoms with Crippen molar-refractivity contribution in [3.63, 3.8) is 0 Å². The Morgan fingerprint density at radius 1 is 1.12 bits per heavy atom. The Labute approximate surface area is 108 Å². The van der Waals surface area contributed by atoms with Crippen molar-refractivity contribution in [1.29, 1.82) is 0 Å². The van der Waals surface area contributed by atoms with Crippen LogP contribution in [0.25, 0.3) is 0 Å². The lowest BCUT2D eigenvalue weighted by molar-refractivity contribution is -0.142. The number of benzene rings is 1. The standard InChI is InChI=1S/C12H9Cl2NO2/c13-9-2-1-3-10(14)8(9)5-15-11(16)6-4-7(6)12(15)17/h1-3,6-7H,4-5H2. The molecule has 3 nitrogen and oxygen atoms in total. The highest BCUT2D eigenvalue weighted by Gasteiger charge is 2.58. The van der Waals surface area contributed by atoms with Gasteiger partial charge < -0.3 is 0 Å². The minimum Gasteiger partial charge on any atom is -0.278 e. The molecule has 1 aliphatic heterocycles. The van der Waals surface area contributed by atoms with Gasteiger partial charge in [0.05, 0.1) is 18.4 Å². The summed E-state index contributed by atoms with van der Waals surface area (Å²) in [5.41, 5.74) is 0.638. The highest BCUT2D eigenvalue weighted by molar-refractivity contribution is 6.36. The number of fused-ring (bicyclic) bond motifs is 1. The average molecular weight is 270 g/mol. The van der Waals surface area contributed by atoms with Crippen LogP contribution >= 0.6 is 23.2 Å². The highest BCUT2D eigenvalue weighted by Crippen LogP contribution is 2.47. The summed E-state index contributed by atoms with van der Waals surface area (Å²) >= 11 is 12.0. The van der Waals surface area contributed by atoms with Gasteiger partial charge in [-0.2, -0.15) is 0 Å². The molecule has 5 heteroatoms. The second kappa shape index (κ2) is 3.72. The summed E-state index contributed by atoms with van der Waals surface area (Å²) in [6, 6.07) is 5.14. The van der Waals surface area contributed by atoms with Crippen molar-refractivity contribution >= 4 is 35.0 Å². The normalized spacial score (nSPS) is 26.4. The van der Waals surface area contributed by atoms with Crippen LogP contribution in [-0.4, -0.2) is 16.7 Å². The molecule has 1 saturated heterocycles. The van der Waals surface area contributed by atoms with E-state index < -0.39 is 0 Å². The maximum Gasteiger partial charge on any atom is 0.233 e. The Bertz CT molecular complexity index is 489. The van der Waals surface area contributed by atoms with Gasteiger partial charge in [0, 0.05) is 15.6 Å². The number of rotatable bonds is 2. The first-order chi connectivity index (χ1) is 8.09. The van der Waals surface area contributed by atoms with Crippen LogP contribution in [0.4, 0.5) is 0 Å². The lowest BCUT2D eigenvalue weighted by atomic mass is 10.2. The summed E-state index contributed by atoms with van der Waals surface area (Å²) in [6.07, 6.45) is 0.713.